The van der Waals surface area contributed by atoms with E-state index in [9.17, 15) is 9.90 Å². The zero-order valence-electron chi connectivity index (χ0n) is 12.9. The number of carbonyl (C=O) groups excluding carboxylic acids is 1. The van der Waals surface area contributed by atoms with E-state index in [-0.39, 0.29) is 23.9 Å². The molecule has 5 heteroatoms. The molecule has 5 nitrogen and oxygen atoms in total. The molecule has 0 bridgehead atoms. The SMILES string of the molecule is CC1(C)OC[C@H]([C@@H]2[C@@H](COC(=O)c3ccccc3)C[C@@H]2O)O1. The fraction of sp³-hybridized carbons (Fsp3) is 0.588. The first-order chi connectivity index (χ1) is 10.5. The summed E-state index contributed by atoms with van der Waals surface area (Å²) in [5.74, 6) is -0.856. The van der Waals surface area contributed by atoms with Crippen molar-refractivity contribution >= 4 is 5.97 Å². The van der Waals surface area contributed by atoms with Crippen LogP contribution in [0.4, 0.5) is 0 Å². The van der Waals surface area contributed by atoms with Crippen LogP contribution >= 0.6 is 0 Å². The molecule has 1 heterocycles. The predicted octanol–water partition coefficient (Wildman–Crippen LogP) is 1.99. The molecule has 0 radical (unpaired) electrons. The lowest BCUT2D eigenvalue weighted by molar-refractivity contribution is -0.173. The van der Waals surface area contributed by atoms with Gasteiger partial charge < -0.3 is 19.3 Å². The summed E-state index contributed by atoms with van der Waals surface area (Å²) in [6, 6.07) is 8.92. The molecule has 4 atom stereocenters. The van der Waals surface area contributed by atoms with Crippen molar-refractivity contribution in [3.05, 3.63) is 35.9 Å². The lowest BCUT2D eigenvalue weighted by Gasteiger charge is -2.44. The largest absolute Gasteiger partial charge is 0.462 e. The van der Waals surface area contributed by atoms with E-state index in [1.165, 1.54) is 0 Å². The fourth-order valence-corrected chi connectivity index (χ4v) is 3.22. The van der Waals surface area contributed by atoms with Crippen molar-refractivity contribution in [2.24, 2.45) is 11.8 Å². The molecule has 22 heavy (non-hydrogen) atoms. The van der Waals surface area contributed by atoms with Crippen molar-refractivity contribution in [3.63, 3.8) is 0 Å². The van der Waals surface area contributed by atoms with Gasteiger partial charge in [-0.2, -0.15) is 0 Å². The molecule has 2 fully saturated rings. The van der Waals surface area contributed by atoms with Gasteiger partial charge in [-0.25, -0.2) is 4.79 Å². The summed E-state index contributed by atoms with van der Waals surface area (Å²) in [7, 11) is 0. The van der Waals surface area contributed by atoms with Gasteiger partial charge in [0.2, 0.25) is 0 Å². The van der Waals surface area contributed by atoms with E-state index in [4.69, 9.17) is 14.2 Å². The third-order valence-corrected chi connectivity index (χ3v) is 4.43. The van der Waals surface area contributed by atoms with Crippen LogP contribution in [0.3, 0.4) is 0 Å². The maximum atomic E-state index is 12.0. The molecule has 1 aliphatic heterocycles. The van der Waals surface area contributed by atoms with E-state index in [1.807, 2.05) is 19.9 Å². The number of hydrogen-bond donors (Lipinski definition) is 1. The molecule has 1 saturated heterocycles. The summed E-state index contributed by atoms with van der Waals surface area (Å²) in [6.45, 7) is 4.50. The van der Waals surface area contributed by atoms with E-state index >= 15 is 0 Å². The molecule has 0 unspecified atom stereocenters. The highest BCUT2D eigenvalue weighted by molar-refractivity contribution is 5.89. The van der Waals surface area contributed by atoms with Crippen LogP contribution in [0.1, 0.15) is 30.6 Å². The van der Waals surface area contributed by atoms with Gasteiger partial charge in [-0.05, 0) is 32.4 Å². The zero-order chi connectivity index (χ0) is 15.7. The van der Waals surface area contributed by atoms with Crippen molar-refractivity contribution in [1.29, 1.82) is 0 Å². The highest BCUT2D eigenvalue weighted by Gasteiger charge is 2.50. The van der Waals surface area contributed by atoms with E-state index in [1.54, 1.807) is 24.3 Å². The van der Waals surface area contributed by atoms with Gasteiger partial charge >= 0.3 is 5.97 Å². The van der Waals surface area contributed by atoms with Gasteiger partial charge in [-0.3, -0.25) is 0 Å². The molecule has 1 aliphatic carbocycles. The lowest BCUT2D eigenvalue weighted by atomic mass is 9.68. The van der Waals surface area contributed by atoms with E-state index in [0.29, 0.717) is 25.2 Å². The molecule has 0 amide bonds. The average molecular weight is 306 g/mol. The first-order valence-corrected chi connectivity index (χ1v) is 7.68. The monoisotopic (exact) mass is 306 g/mol. The Kier molecular flexibility index (Phi) is 4.21. The molecule has 0 spiro atoms. The Bertz CT molecular complexity index is 527. The minimum Gasteiger partial charge on any atom is -0.462 e. The number of carbonyl (C=O) groups is 1. The number of rotatable bonds is 4. The highest BCUT2D eigenvalue weighted by Crippen LogP contribution is 2.42. The standard InChI is InChI=1S/C17H22O5/c1-17(2)21-10-14(22-17)15-12(8-13(15)18)9-20-16(19)11-6-4-3-5-7-11/h3-7,12-15,18H,8-10H2,1-2H3/t12-,13+,14-,15-/m1/s1. The van der Waals surface area contributed by atoms with E-state index < -0.39 is 11.9 Å². The second kappa shape index (κ2) is 5.99. The third kappa shape index (κ3) is 3.16. The van der Waals surface area contributed by atoms with E-state index in [2.05, 4.69) is 0 Å². The number of aliphatic hydroxyl groups excluding tert-OH is 1. The van der Waals surface area contributed by atoms with Gasteiger partial charge in [0.25, 0.3) is 0 Å². The quantitative estimate of drug-likeness (QED) is 0.862. The van der Waals surface area contributed by atoms with Crippen molar-refractivity contribution in [2.45, 2.75) is 38.3 Å². The molecule has 1 N–H and O–H groups in total. The van der Waals surface area contributed by atoms with Gasteiger partial charge in [0.1, 0.15) is 0 Å². The average Bonchev–Trinajstić information content (AvgIpc) is 2.83. The molecule has 1 aromatic carbocycles. The summed E-state index contributed by atoms with van der Waals surface area (Å²) in [5, 5.41) is 10.0. The van der Waals surface area contributed by atoms with Crippen LogP contribution in [0.15, 0.2) is 30.3 Å². The van der Waals surface area contributed by atoms with Gasteiger partial charge in [0, 0.05) is 11.8 Å². The summed E-state index contributed by atoms with van der Waals surface area (Å²) in [5.41, 5.74) is 0.542. The van der Waals surface area contributed by atoms with Crippen LogP contribution in [-0.4, -0.2) is 42.3 Å². The summed E-state index contributed by atoms with van der Waals surface area (Å²) in [4.78, 5) is 12.0. The normalized spacial score (nSPS) is 33.2. The van der Waals surface area contributed by atoms with Gasteiger partial charge in [-0.1, -0.05) is 18.2 Å². The van der Waals surface area contributed by atoms with Crippen LogP contribution in [0.2, 0.25) is 0 Å². The number of benzene rings is 1. The van der Waals surface area contributed by atoms with Crippen molar-refractivity contribution in [1.82, 2.24) is 0 Å². The summed E-state index contributed by atoms with van der Waals surface area (Å²) < 4.78 is 16.8. The number of hydrogen-bond acceptors (Lipinski definition) is 5. The number of ether oxygens (including phenoxy) is 3. The third-order valence-electron chi connectivity index (χ3n) is 4.43. The number of esters is 1. The minimum atomic E-state index is -0.606. The molecule has 120 valence electrons. The fourth-order valence-electron chi connectivity index (χ4n) is 3.22. The molecular formula is C17H22O5. The van der Waals surface area contributed by atoms with Gasteiger partial charge in [0.05, 0.1) is 31.0 Å². The zero-order valence-corrected chi connectivity index (χ0v) is 12.9. The molecule has 3 rings (SSSR count). The minimum absolute atomic E-state index is 0.0367. The highest BCUT2D eigenvalue weighted by atomic mass is 16.7. The Hall–Kier alpha value is -1.43. The Morgan fingerprint density at radius 3 is 2.68 bits per heavy atom. The maximum Gasteiger partial charge on any atom is 0.338 e. The molecule has 1 saturated carbocycles. The first-order valence-electron chi connectivity index (χ1n) is 7.68. The Morgan fingerprint density at radius 2 is 2.09 bits per heavy atom. The van der Waals surface area contributed by atoms with Crippen molar-refractivity contribution in [3.8, 4) is 0 Å². The first kappa shape index (κ1) is 15.5. The Labute approximate surface area is 130 Å². The Balaban J connectivity index is 1.54. The van der Waals surface area contributed by atoms with Gasteiger partial charge in [-0.15, -0.1) is 0 Å². The maximum absolute atomic E-state index is 12.0. The second-order valence-corrected chi connectivity index (χ2v) is 6.47. The molecule has 2 aliphatic rings. The van der Waals surface area contributed by atoms with Crippen LogP contribution in [0.25, 0.3) is 0 Å². The van der Waals surface area contributed by atoms with E-state index in [0.717, 1.165) is 0 Å². The smallest absolute Gasteiger partial charge is 0.338 e. The van der Waals surface area contributed by atoms with Crippen LogP contribution < -0.4 is 0 Å². The van der Waals surface area contributed by atoms with Crippen molar-refractivity contribution in [2.75, 3.05) is 13.2 Å². The molecular weight excluding hydrogens is 284 g/mol. The topological polar surface area (TPSA) is 65.0 Å². The number of aliphatic hydroxyl groups is 1. The lowest BCUT2D eigenvalue weighted by Crippen LogP contribution is -2.51. The predicted molar refractivity (Wildman–Crippen MR) is 79.2 cm³/mol. The van der Waals surface area contributed by atoms with Crippen LogP contribution in [-0.2, 0) is 14.2 Å². The Morgan fingerprint density at radius 1 is 1.36 bits per heavy atom. The van der Waals surface area contributed by atoms with Crippen LogP contribution in [0, 0.1) is 11.8 Å². The van der Waals surface area contributed by atoms with Crippen molar-refractivity contribution < 1.29 is 24.1 Å². The molecule has 1 aromatic rings. The van der Waals surface area contributed by atoms with Gasteiger partial charge in [0.15, 0.2) is 5.79 Å². The van der Waals surface area contributed by atoms with Crippen LogP contribution in [0.5, 0.6) is 0 Å². The summed E-state index contributed by atoms with van der Waals surface area (Å²) >= 11 is 0. The summed E-state index contributed by atoms with van der Waals surface area (Å²) in [6.07, 6.45) is 0.0784. The molecule has 0 aromatic heterocycles. The second-order valence-electron chi connectivity index (χ2n) is 6.47.